The third kappa shape index (κ3) is 4.74. The molecular formula is C26H34N6O. The van der Waals surface area contributed by atoms with E-state index in [-0.39, 0.29) is 17.0 Å². The summed E-state index contributed by atoms with van der Waals surface area (Å²) in [6, 6.07) is 12.0. The van der Waals surface area contributed by atoms with Gasteiger partial charge < -0.3 is 15.5 Å². The van der Waals surface area contributed by atoms with Gasteiger partial charge >= 0.3 is 0 Å². The Hall–Kier alpha value is -2.93. The van der Waals surface area contributed by atoms with Gasteiger partial charge in [-0.3, -0.25) is 9.36 Å². The van der Waals surface area contributed by atoms with E-state index < -0.39 is 0 Å². The van der Waals surface area contributed by atoms with Crippen molar-refractivity contribution < 1.29 is 0 Å². The van der Waals surface area contributed by atoms with Crippen LogP contribution in [0.4, 0.5) is 17.3 Å². The molecule has 2 atom stereocenters. The number of piperazine rings is 1. The van der Waals surface area contributed by atoms with Crippen molar-refractivity contribution in [3.63, 3.8) is 0 Å². The highest BCUT2D eigenvalue weighted by atomic mass is 16.1. The van der Waals surface area contributed by atoms with Crippen LogP contribution in [0.3, 0.4) is 0 Å². The molecule has 1 saturated carbocycles. The van der Waals surface area contributed by atoms with E-state index in [9.17, 15) is 4.79 Å². The number of hydrogen-bond acceptors (Lipinski definition) is 6. The van der Waals surface area contributed by atoms with Crippen LogP contribution in [0, 0.1) is 11.3 Å². The molecule has 7 heteroatoms. The highest BCUT2D eigenvalue weighted by Gasteiger charge is 2.34. The zero-order chi connectivity index (χ0) is 23.0. The maximum absolute atomic E-state index is 13.0. The van der Waals surface area contributed by atoms with E-state index in [0.717, 1.165) is 50.1 Å². The van der Waals surface area contributed by atoms with E-state index in [0.29, 0.717) is 17.5 Å². The highest BCUT2D eigenvalue weighted by Crippen LogP contribution is 2.44. The van der Waals surface area contributed by atoms with Crippen LogP contribution in [-0.2, 0) is 0 Å². The summed E-state index contributed by atoms with van der Waals surface area (Å²) in [5, 5.41) is 7.61. The van der Waals surface area contributed by atoms with Gasteiger partial charge in [-0.05, 0) is 60.9 Å². The lowest BCUT2D eigenvalue weighted by atomic mass is 9.70. The molecule has 2 N–H and O–H groups in total. The molecular weight excluding hydrogens is 412 g/mol. The van der Waals surface area contributed by atoms with Gasteiger partial charge in [0.15, 0.2) is 0 Å². The molecule has 33 heavy (non-hydrogen) atoms. The highest BCUT2D eigenvalue weighted by molar-refractivity contribution is 5.76. The maximum atomic E-state index is 13.0. The third-order valence-electron chi connectivity index (χ3n) is 7.00. The Kier molecular flexibility index (Phi) is 5.83. The normalized spacial score (nSPS) is 22.9. The van der Waals surface area contributed by atoms with Crippen LogP contribution in [0.5, 0.6) is 0 Å². The van der Waals surface area contributed by atoms with Gasteiger partial charge in [-0.25, -0.2) is 4.98 Å². The standard InChI is InChI=1S/C26H34N6O/c1-18-14-22(16-26(2,3)15-18)32-23(33)9-4-19-17-28-25(30-24(19)32)29-20-5-7-21(8-6-20)31-12-10-27-11-13-31/h4-9,17-18,22,27H,10-16H2,1-3H3,(H,28,29,30). The number of fused-ring (bicyclic) bond motifs is 1. The third-order valence-corrected chi connectivity index (χ3v) is 7.00. The Morgan fingerprint density at radius 2 is 1.82 bits per heavy atom. The molecule has 0 bridgehead atoms. The van der Waals surface area contributed by atoms with Gasteiger partial charge in [0, 0.05) is 61.2 Å². The number of anilines is 3. The molecule has 3 aromatic rings. The predicted octanol–water partition coefficient (Wildman–Crippen LogP) is 4.33. The Bertz CT molecular complexity index is 1180. The number of nitrogens with zero attached hydrogens (tertiary/aromatic N) is 4. The van der Waals surface area contributed by atoms with Gasteiger partial charge in [0.1, 0.15) is 5.65 Å². The predicted molar refractivity (Wildman–Crippen MR) is 134 cm³/mol. The first-order valence-electron chi connectivity index (χ1n) is 12.1. The molecule has 2 aromatic heterocycles. The van der Waals surface area contributed by atoms with Crippen molar-refractivity contribution in [1.82, 2.24) is 19.9 Å². The number of aromatic nitrogens is 3. The molecule has 3 heterocycles. The topological polar surface area (TPSA) is 75.1 Å². The fourth-order valence-corrected chi connectivity index (χ4v) is 5.75. The number of benzene rings is 1. The van der Waals surface area contributed by atoms with Gasteiger partial charge in [0.25, 0.3) is 5.56 Å². The molecule has 1 aromatic carbocycles. The molecule has 1 aliphatic heterocycles. The van der Waals surface area contributed by atoms with E-state index in [4.69, 9.17) is 4.98 Å². The van der Waals surface area contributed by atoms with Crippen LogP contribution >= 0.6 is 0 Å². The first-order chi connectivity index (χ1) is 15.9. The fraction of sp³-hybridized carbons (Fsp3) is 0.500. The molecule has 1 saturated heterocycles. The lowest BCUT2D eigenvalue weighted by Gasteiger charge is -2.39. The van der Waals surface area contributed by atoms with Crippen molar-refractivity contribution in [3.8, 4) is 0 Å². The average molecular weight is 447 g/mol. The largest absolute Gasteiger partial charge is 0.369 e. The van der Waals surface area contributed by atoms with Crippen molar-refractivity contribution in [1.29, 1.82) is 0 Å². The second kappa shape index (κ2) is 8.78. The summed E-state index contributed by atoms with van der Waals surface area (Å²) < 4.78 is 1.91. The van der Waals surface area contributed by atoms with Gasteiger partial charge in [-0.2, -0.15) is 4.98 Å². The Balaban J connectivity index is 1.43. The van der Waals surface area contributed by atoms with E-state index >= 15 is 0 Å². The van der Waals surface area contributed by atoms with Crippen molar-refractivity contribution >= 4 is 28.4 Å². The summed E-state index contributed by atoms with van der Waals surface area (Å²) in [7, 11) is 0. The molecule has 5 rings (SSSR count). The molecule has 0 amide bonds. The van der Waals surface area contributed by atoms with Crippen molar-refractivity contribution in [2.45, 2.75) is 46.1 Å². The lowest BCUT2D eigenvalue weighted by molar-refractivity contribution is 0.137. The number of pyridine rings is 1. The van der Waals surface area contributed by atoms with Crippen LogP contribution in [0.2, 0.25) is 0 Å². The number of nitrogens with one attached hydrogen (secondary N) is 2. The molecule has 1 aliphatic carbocycles. The van der Waals surface area contributed by atoms with Crippen LogP contribution < -0.4 is 21.1 Å². The summed E-state index contributed by atoms with van der Waals surface area (Å²) in [5.41, 5.74) is 3.11. The Morgan fingerprint density at radius 1 is 1.06 bits per heavy atom. The zero-order valence-corrected chi connectivity index (χ0v) is 19.8. The first-order valence-corrected chi connectivity index (χ1v) is 12.1. The molecule has 7 nitrogen and oxygen atoms in total. The van der Waals surface area contributed by atoms with E-state index in [1.807, 2.05) is 16.8 Å². The van der Waals surface area contributed by atoms with Crippen molar-refractivity contribution in [3.05, 3.63) is 52.9 Å². The quantitative estimate of drug-likeness (QED) is 0.621. The monoisotopic (exact) mass is 446 g/mol. The van der Waals surface area contributed by atoms with E-state index in [2.05, 4.69) is 65.6 Å². The molecule has 2 unspecified atom stereocenters. The van der Waals surface area contributed by atoms with E-state index in [1.54, 1.807) is 6.07 Å². The van der Waals surface area contributed by atoms with Gasteiger partial charge in [-0.15, -0.1) is 0 Å². The van der Waals surface area contributed by atoms with Gasteiger partial charge in [-0.1, -0.05) is 20.8 Å². The van der Waals surface area contributed by atoms with Crippen LogP contribution in [0.1, 0.15) is 46.1 Å². The summed E-state index contributed by atoms with van der Waals surface area (Å²) in [4.78, 5) is 24.7. The summed E-state index contributed by atoms with van der Waals surface area (Å²) >= 11 is 0. The minimum Gasteiger partial charge on any atom is -0.369 e. The smallest absolute Gasteiger partial charge is 0.252 e. The lowest BCUT2D eigenvalue weighted by Crippen LogP contribution is -2.43. The minimum atomic E-state index is 0.0161. The van der Waals surface area contributed by atoms with Crippen molar-refractivity contribution in [2.24, 2.45) is 11.3 Å². The summed E-state index contributed by atoms with van der Waals surface area (Å²) in [6.07, 6.45) is 4.99. The minimum absolute atomic E-state index is 0.0161. The second-order valence-corrected chi connectivity index (χ2v) is 10.5. The molecule has 2 fully saturated rings. The second-order valence-electron chi connectivity index (χ2n) is 10.5. The van der Waals surface area contributed by atoms with Gasteiger partial charge in [0.2, 0.25) is 5.95 Å². The fourth-order valence-electron chi connectivity index (χ4n) is 5.75. The Morgan fingerprint density at radius 3 is 2.55 bits per heavy atom. The zero-order valence-electron chi connectivity index (χ0n) is 19.8. The van der Waals surface area contributed by atoms with Crippen molar-refractivity contribution in [2.75, 3.05) is 36.4 Å². The van der Waals surface area contributed by atoms with E-state index in [1.165, 1.54) is 12.1 Å². The molecule has 174 valence electrons. The summed E-state index contributed by atoms with van der Waals surface area (Å²) in [6.45, 7) is 11.0. The van der Waals surface area contributed by atoms with Crippen LogP contribution in [0.15, 0.2) is 47.4 Å². The maximum Gasteiger partial charge on any atom is 0.252 e. The van der Waals surface area contributed by atoms with Crippen LogP contribution in [-0.4, -0.2) is 40.7 Å². The SMILES string of the molecule is CC1CC(n2c(=O)ccc3cnc(Nc4ccc(N5CCNCC5)cc4)nc32)CC(C)(C)C1. The Labute approximate surface area is 195 Å². The molecule has 2 aliphatic rings. The molecule has 0 spiro atoms. The number of rotatable bonds is 4. The average Bonchev–Trinajstić information content (AvgIpc) is 2.78. The van der Waals surface area contributed by atoms with Crippen LogP contribution in [0.25, 0.3) is 11.0 Å². The first kappa shape index (κ1) is 21.9. The number of hydrogen-bond donors (Lipinski definition) is 2. The summed E-state index contributed by atoms with van der Waals surface area (Å²) in [5.74, 6) is 1.09. The molecule has 0 radical (unpaired) electrons. The van der Waals surface area contributed by atoms with Gasteiger partial charge in [0.05, 0.1) is 0 Å².